The number of nitrogens with zero attached hydrogens (tertiary/aromatic N) is 1. The minimum absolute atomic E-state index is 0. The van der Waals surface area contributed by atoms with E-state index >= 15 is 0 Å². The van der Waals surface area contributed by atoms with Gasteiger partial charge in [-0.1, -0.05) is 60.3 Å². The zero-order valence-corrected chi connectivity index (χ0v) is 14.0. The van der Waals surface area contributed by atoms with E-state index in [1.54, 1.807) is 12.1 Å². The lowest BCUT2D eigenvalue weighted by Gasteiger charge is -2.28. The van der Waals surface area contributed by atoms with Crippen LogP contribution in [-0.4, -0.2) is 21.4 Å². The number of benzene rings is 2. The Bertz CT molecular complexity index is 709. The van der Waals surface area contributed by atoms with Crippen LogP contribution in [0.25, 0.3) is 0 Å². The summed E-state index contributed by atoms with van der Waals surface area (Å²) in [5.74, 6) is -0.225. The van der Waals surface area contributed by atoms with E-state index in [9.17, 15) is 9.90 Å². The van der Waals surface area contributed by atoms with Crippen molar-refractivity contribution in [2.24, 2.45) is 4.99 Å². The molecule has 1 amide bonds. The molecular formula is C17H16ClN2O2S-. The third kappa shape index (κ3) is 3.58. The fourth-order valence-corrected chi connectivity index (χ4v) is 3.45. The molecule has 120 valence electrons. The molecule has 2 aromatic carbocycles. The van der Waals surface area contributed by atoms with Gasteiger partial charge in [0.05, 0.1) is 5.04 Å². The van der Waals surface area contributed by atoms with Crippen LogP contribution in [0.2, 0.25) is 0 Å². The second kappa shape index (κ2) is 7.17. The predicted octanol–water partition coefficient (Wildman–Crippen LogP) is -0.243. The summed E-state index contributed by atoms with van der Waals surface area (Å²) in [6.07, 6.45) is 0. The van der Waals surface area contributed by atoms with E-state index in [1.807, 2.05) is 55.5 Å². The van der Waals surface area contributed by atoms with Crippen molar-refractivity contribution in [1.29, 1.82) is 0 Å². The van der Waals surface area contributed by atoms with Crippen molar-refractivity contribution in [2.75, 3.05) is 0 Å². The van der Waals surface area contributed by atoms with Gasteiger partial charge in [0.1, 0.15) is 5.37 Å². The fourth-order valence-electron chi connectivity index (χ4n) is 2.40. The van der Waals surface area contributed by atoms with Crippen LogP contribution in [0.5, 0.6) is 0 Å². The summed E-state index contributed by atoms with van der Waals surface area (Å²) in [6.45, 7) is 1.83. The van der Waals surface area contributed by atoms with E-state index in [1.165, 1.54) is 11.8 Å². The first-order valence-corrected chi connectivity index (χ1v) is 7.84. The van der Waals surface area contributed by atoms with Gasteiger partial charge in [0.2, 0.25) is 5.72 Å². The molecule has 6 heteroatoms. The maximum Gasteiger partial charge on any atom is 0.252 e. The van der Waals surface area contributed by atoms with Crippen LogP contribution in [0.3, 0.4) is 0 Å². The zero-order valence-electron chi connectivity index (χ0n) is 12.4. The number of rotatable bonds is 3. The summed E-state index contributed by atoms with van der Waals surface area (Å²) in [7, 11) is 0. The van der Waals surface area contributed by atoms with Gasteiger partial charge in [-0.15, -0.1) is 0 Å². The molecule has 3 rings (SSSR count). The van der Waals surface area contributed by atoms with Crippen LogP contribution >= 0.6 is 11.8 Å². The first-order chi connectivity index (χ1) is 10.6. The molecule has 2 N–H and O–H groups in total. The number of hydrogen-bond acceptors (Lipinski definition) is 4. The highest BCUT2D eigenvalue weighted by atomic mass is 35.5. The maximum absolute atomic E-state index is 12.3. The van der Waals surface area contributed by atoms with Crippen molar-refractivity contribution in [3.8, 4) is 0 Å². The molecule has 23 heavy (non-hydrogen) atoms. The van der Waals surface area contributed by atoms with E-state index in [0.717, 1.165) is 5.04 Å². The summed E-state index contributed by atoms with van der Waals surface area (Å²) in [4.78, 5) is 16.7. The van der Waals surface area contributed by atoms with Gasteiger partial charge in [-0.25, -0.2) is 4.99 Å². The topological polar surface area (TPSA) is 61.7 Å². The van der Waals surface area contributed by atoms with E-state index in [4.69, 9.17) is 0 Å². The number of carbonyl (C=O) groups excluding carboxylic acids is 1. The van der Waals surface area contributed by atoms with Crippen molar-refractivity contribution in [2.45, 2.75) is 18.0 Å². The molecule has 2 aromatic rings. The number of nitrogens with one attached hydrogen (secondary N) is 1. The predicted molar refractivity (Wildman–Crippen MR) is 88.7 cm³/mol. The molecule has 0 radical (unpaired) electrons. The molecule has 4 nitrogen and oxygen atoms in total. The molecule has 0 saturated heterocycles. The van der Waals surface area contributed by atoms with Crippen molar-refractivity contribution >= 4 is 22.7 Å². The molecule has 1 aliphatic rings. The van der Waals surface area contributed by atoms with Gasteiger partial charge in [0.15, 0.2) is 0 Å². The average Bonchev–Trinajstić information content (AvgIpc) is 2.84. The number of halogens is 1. The van der Waals surface area contributed by atoms with E-state index in [0.29, 0.717) is 11.1 Å². The summed E-state index contributed by atoms with van der Waals surface area (Å²) in [5, 5.41) is 14.0. The number of aliphatic imine (C=N–C) groups is 1. The highest BCUT2D eigenvalue weighted by molar-refractivity contribution is 8.14. The highest BCUT2D eigenvalue weighted by Crippen LogP contribution is 2.39. The van der Waals surface area contributed by atoms with Crippen LogP contribution in [0.4, 0.5) is 0 Å². The van der Waals surface area contributed by atoms with Crippen LogP contribution in [0.15, 0.2) is 65.7 Å². The molecule has 0 spiro atoms. The minimum atomic E-state index is -1.44. The molecule has 0 bridgehead atoms. The third-order valence-electron chi connectivity index (χ3n) is 3.48. The van der Waals surface area contributed by atoms with Gasteiger partial charge in [0.25, 0.3) is 5.91 Å². The Morgan fingerprint density at radius 3 is 2.30 bits per heavy atom. The lowest BCUT2D eigenvalue weighted by molar-refractivity contribution is -0.0000172. The maximum atomic E-state index is 12.3. The number of thioether (sulfide) groups is 1. The van der Waals surface area contributed by atoms with Crippen molar-refractivity contribution in [3.05, 3.63) is 71.8 Å². The number of aliphatic hydroxyl groups is 1. The number of carbonyl (C=O) groups is 1. The monoisotopic (exact) mass is 347 g/mol. The van der Waals surface area contributed by atoms with Gasteiger partial charge in [-0.05, 0) is 19.1 Å². The van der Waals surface area contributed by atoms with E-state index in [2.05, 4.69) is 10.3 Å². The largest absolute Gasteiger partial charge is 1.00 e. The smallest absolute Gasteiger partial charge is 0.252 e. The lowest BCUT2D eigenvalue weighted by Crippen LogP contribution is -3.00. The fraction of sp³-hybridized carbons (Fsp3) is 0.176. The SMILES string of the molecule is CC1=NC(O)(c2ccccc2)C(NC(=O)c2ccccc2)S1.[Cl-]. The van der Waals surface area contributed by atoms with Crippen LogP contribution in [0.1, 0.15) is 22.8 Å². The summed E-state index contributed by atoms with van der Waals surface area (Å²) in [6, 6.07) is 18.1. The standard InChI is InChI=1S/C17H16N2O2S.ClH/c1-12-19-17(21,14-10-6-3-7-11-14)16(22-12)18-15(20)13-8-4-2-5-9-13;/h2-11,16,21H,1H3,(H,18,20);1H/p-1. The second-order valence-electron chi connectivity index (χ2n) is 5.06. The molecule has 1 heterocycles. The summed E-state index contributed by atoms with van der Waals surface area (Å²) >= 11 is 1.36. The lowest BCUT2D eigenvalue weighted by atomic mass is 10.0. The Hall–Kier alpha value is -1.82. The van der Waals surface area contributed by atoms with Gasteiger partial charge < -0.3 is 22.8 Å². The summed E-state index contributed by atoms with van der Waals surface area (Å²) in [5.41, 5.74) is -0.221. The summed E-state index contributed by atoms with van der Waals surface area (Å²) < 4.78 is 0. The Morgan fingerprint density at radius 2 is 1.70 bits per heavy atom. The van der Waals surface area contributed by atoms with Gasteiger partial charge in [-0.3, -0.25) is 4.79 Å². The first-order valence-electron chi connectivity index (χ1n) is 6.96. The molecular weight excluding hydrogens is 332 g/mol. The van der Waals surface area contributed by atoms with Crippen LogP contribution < -0.4 is 17.7 Å². The molecule has 0 saturated carbocycles. The normalized spacial score (nSPS) is 22.9. The van der Waals surface area contributed by atoms with Gasteiger partial charge in [-0.2, -0.15) is 0 Å². The third-order valence-corrected chi connectivity index (χ3v) is 4.59. The van der Waals surface area contributed by atoms with E-state index < -0.39 is 11.1 Å². The average molecular weight is 348 g/mol. The van der Waals surface area contributed by atoms with Crippen LogP contribution in [-0.2, 0) is 5.72 Å². The van der Waals surface area contributed by atoms with Gasteiger partial charge >= 0.3 is 0 Å². The Morgan fingerprint density at radius 1 is 1.13 bits per heavy atom. The van der Waals surface area contributed by atoms with Crippen LogP contribution in [0, 0.1) is 0 Å². The Balaban J connectivity index is 0.00000192. The Kier molecular flexibility index (Phi) is 5.46. The number of amides is 1. The second-order valence-corrected chi connectivity index (χ2v) is 6.36. The molecule has 0 aromatic heterocycles. The molecule has 2 unspecified atom stereocenters. The molecule has 0 fully saturated rings. The van der Waals surface area contributed by atoms with E-state index in [-0.39, 0.29) is 18.3 Å². The van der Waals surface area contributed by atoms with Crippen molar-refractivity contribution < 1.29 is 22.3 Å². The molecule has 0 aliphatic carbocycles. The highest BCUT2D eigenvalue weighted by Gasteiger charge is 2.44. The van der Waals surface area contributed by atoms with Crippen molar-refractivity contribution in [3.63, 3.8) is 0 Å². The van der Waals surface area contributed by atoms with Crippen molar-refractivity contribution in [1.82, 2.24) is 5.32 Å². The van der Waals surface area contributed by atoms with Gasteiger partial charge in [0, 0.05) is 11.1 Å². The molecule has 2 atom stereocenters. The Labute approximate surface area is 145 Å². The minimum Gasteiger partial charge on any atom is -1.00 e. The first kappa shape index (κ1) is 17.5. The quantitative estimate of drug-likeness (QED) is 0.805. The zero-order chi connectivity index (χ0) is 15.6. The number of hydrogen-bond donors (Lipinski definition) is 2. The molecule has 1 aliphatic heterocycles.